The van der Waals surface area contributed by atoms with Gasteiger partial charge in [0.1, 0.15) is 11.5 Å². The number of fused-ring (bicyclic) bond motifs is 2. The highest BCUT2D eigenvalue weighted by atomic mass is 19.1. The highest BCUT2D eigenvalue weighted by molar-refractivity contribution is 5.46. The number of halogens is 1. The molecule has 1 saturated heterocycles. The third-order valence-corrected chi connectivity index (χ3v) is 5.49. The Labute approximate surface area is 151 Å². The van der Waals surface area contributed by atoms with Gasteiger partial charge in [-0.2, -0.15) is 5.10 Å². The Morgan fingerprint density at radius 3 is 2.96 bits per heavy atom. The Bertz CT molecular complexity index is 962. The zero-order valence-electron chi connectivity index (χ0n) is 14.8. The molecule has 4 heterocycles. The molecule has 1 fully saturated rings. The number of imidazole rings is 1. The summed E-state index contributed by atoms with van der Waals surface area (Å²) in [6.45, 7) is 2.65. The highest BCUT2D eigenvalue weighted by Crippen LogP contribution is 2.26. The fourth-order valence-corrected chi connectivity index (χ4v) is 3.87. The predicted octanol–water partition coefficient (Wildman–Crippen LogP) is 2.07. The Hall–Kier alpha value is -2.54. The number of pyridine rings is 1. The van der Waals surface area contributed by atoms with Crippen LogP contribution in [0.15, 0.2) is 30.6 Å². The first kappa shape index (κ1) is 15.7. The largest absolute Gasteiger partial charge is 0.352 e. The molecule has 0 amide bonds. The van der Waals surface area contributed by atoms with E-state index in [1.54, 1.807) is 10.5 Å². The fourth-order valence-electron chi connectivity index (χ4n) is 3.87. The van der Waals surface area contributed by atoms with E-state index in [0.717, 1.165) is 49.6 Å². The van der Waals surface area contributed by atoms with Crippen molar-refractivity contribution in [3.8, 4) is 0 Å². The lowest BCUT2D eigenvalue weighted by Gasteiger charge is -2.44. The molecule has 0 N–H and O–H groups in total. The molecule has 3 aromatic rings. The Balaban J connectivity index is 1.22. The van der Waals surface area contributed by atoms with Crippen LogP contribution in [-0.2, 0) is 19.4 Å². The normalized spacial score (nSPS) is 17.1. The summed E-state index contributed by atoms with van der Waals surface area (Å²) in [6, 6.07) is 5.82. The summed E-state index contributed by atoms with van der Waals surface area (Å²) < 4.78 is 15.1. The van der Waals surface area contributed by atoms with Crippen LogP contribution in [-0.4, -0.2) is 50.7 Å². The zero-order chi connectivity index (χ0) is 17.7. The summed E-state index contributed by atoms with van der Waals surface area (Å²) in [5.41, 5.74) is 4.27. The van der Waals surface area contributed by atoms with Gasteiger partial charge in [-0.3, -0.25) is 4.90 Å². The van der Waals surface area contributed by atoms with E-state index >= 15 is 0 Å². The maximum absolute atomic E-state index is 13.3. The maximum Gasteiger partial charge on any atom is 0.151 e. The van der Waals surface area contributed by atoms with Gasteiger partial charge in [0.2, 0.25) is 0 Å². The number of hydrogen-bond donors (Lipinski definition) is 0. The van der Waals surface area contributed by atoms with Gasteiger partial charge in [0.25, 0.3) is 0 Å². The molecular formula is C19H21FN6. The van der Waals surface area contributed by atoms with Crippen LogP contribution in [0, 0.1) is 5.82 Å². The van der Waals surface area contributed by atoms with Crippen molar-refractivity contribution in [1.29, 1.82) is 0 Å². The van der Waals surface area contributed by atoms with Crippen LogP contribution in [0.2, 0.25) is 0 Å². The number of likely N-dealkylation sites (N-methyl/N-ethyl adjacent to an activating group) is 1. The van der Waals surface area contributed by atoms with Gasteiger partial charge >= 0.3 is 0 Å². The van der Waals surface area contributed by atoms with Crippen molar-refractivity contribution < 1.29 is 4.39 Å². The molecule has 6 nitrogen and oxygen atoms in total. The molecule has 0 saturated carbocycles. The van der Waals surface area contributed by atoms with Crippen LogP contribution < -0.4 is 4.90 Å². The number of hydrogen-bond acceptors (Lipinski definition) is 5. The second-order valence-corrected chi connectivity index (χ2v) is 7.35. The lowest BCUT2D eigenvalue weighted by molar-refractivity contribution is 0.195. The molecular weight excluding hydrogens is 331 g/mol. The summed E-state index contributed by atoms with van der Waals surface area (Å²) in [6.07, 6.45) is 6.75. The molecule has 26 heavy (non-hydrogen) atoms. The van der Waals surface area contributed by atoms with E-state index in [9.17, 15) is 4.39 Å². The second-order valence-electron chi connectivity index (χ2n) is 7.35. The van der Waals surface area contributed by atoms with Crippen LogP contribution in [0.1, 0.15) is 23.4 Å². The number of anilines is 1. The third-order valence-electron chi connectivity index (χ3n) is 5.49. The summed E-state index contributed by atoms with van der Waals surface area (Å²) >= 11 is 0. The van der Waals surface area contributed by atoms with Gasteiger partial charge in [0, 0.05) is 38.1 Å². The van der Waals surface area contributed by atoms with Crippen molar-refractivity contribution in [2.45, 2.75) is 31.8 Å². The van der Waals surface area contributed by atoms with E-state index in [-0.39, 0.29) is 5.82 Å². The first-order valence-electron chi connectivity index (χ1n) is 9.09. The van der Waals surface area contributed by atoms with E-state index in [1.807, 2.05) is 6.20 Å². The van der Waals surface area contributed by atoms with Crippen LogP contribution in [0.3, 0.4) is 0 Å². The molecule has 3 aromatic heterocycles. The smallest absolute Gasteiger partial charge is 0.151 e. The van der Waals surface area contributed by atoms with Gasteiger partial charge in [-0.05, 0) is 50.1 Å². The van der Waals surface area contributed by atoms with Crippen molar-refractivity contribution in [3.05, 3.63) is 53.4 Å². The van der Waals surface area contributed by atoms with Crippen molar-refractivity contribution in [1.82, 2.24) is 24.5 Å². The molecule has 5 rings (SSSR count). The number of rotatable bonds is 4. The van der Waals surface area contributed by atoms with Crippen molar-refractivity contribution in [2.75, 3.05) is 25.0 Å². The summed E-state index contributed by atoms with van der Waals surface area (Å²) in [4.78, 5) is 9.15. The first-order valence-corrected chi connectivity index (χ1v) is 9.09. The minimum Gasteiger partial charge on any atom is -0.352 e. The topological polar surface area (TPSA) is 49.6 Å². The van der Waals surface area contributed by atoms with Crippen molar-refractivity contribution >= 4 is 11.5 Å². The minimum absolute atomic E-state index is 0.250. The quantitative estimate of drug-likeness (QED) is 0.719. The van der Waals surface area contributed by atoms with Gasteiger partial charge in [-0.1, -0.05) is 0 Å². The van der Waals surface area contributed by atoms with E-state index in [1.165, 1.54) is 29.9 Å². The van der Waals surface area contributed by atoms with Gasteiger partial charge < -0.3 is 9.30 Å². The molecule has 0 atom stereocenters. The SMILES string of the molecule is CN(Cc1cn2cc(F)ccc2n1)C1CN(c2cc3c(nn2)CCC3)C1. The molecule has 0 spiro atoms. The minimum atomic E-state index is -0.250. The monoisotopic (exact) mass is 352 g/mol. The van der Waals surface area contributed by atoms with Gasteiger partial charge in [0.05, 0.1) is 11.4 Å². The number of aryl methyl sites for hydroxylation is 2. The van der Waals surface area contributed by atoms with E-state index < -0.39 is 0 Å². The maximum atomic E-state index is 13.3. The summed E-state index contributed by atoms with van der Waals surface area (Å²) in [7, 11) is 2.11. The van der Waals surface area contributed by atoms with Gasteiger partial charge in [0.15, 0.2) is 5.82 Å². The number of nitrogens with zero attached hydrogens (tertiary/aromatic N) is 6. The molecule has 134 valence electrons. The second kappa shape index (κ2) is 6.02. The molecule has 0 aromatic carbocycles. The fraction of sp³-hybridized carbons (Fsp3) is 0.421. The standard InChI is InChI=1S/C19H21FN6/c1-24(9-15-10-25-8-14(20)5-6-18(25)21-15)16-11-26(12-16)19-7-13-3-2-4-17(13)22-23-19/h5-8,10,16H,2-4,9,11-12H2,1H3. The molecule has 1 aliphatic carbocycles. The zero-order valence-corrected chi connectivity index (χ0v) is 14.8. The van der Waals surface area contributed by atoms with Gasteiger partial charge in [-0.25, -0.2) is 9.37 Å². The molecule has 0 bridgehead atoms. The Kier molecular flexibility index (Phi) is 3.63. The summed E-state index contributed by atoms with van der Waals surface area (Å²) in [5, 5.41) is 8.78. The molecule has 0 radical (unpaired) electrons. The van der Waals surface area contributed by atoms with Crippen molar-refractivity contribution in [2.24, 2.45) is 0 Å². The first-order chi connectivity index (χ1) is 12.7. The van der Waals surface area contributed by atoms with Crippen LogP contribution >= 0.6 is 0 Å². The van der Waals surface area contributed by atoms with Crippen LogP contribution in [0.5, 0.6) is 0 Å². The third kappa shape index (κ3) is 2.72. The highest BCUT2D eigenvalue weighted by Gasteiger charge is 2.32. The molecule has 0 unspecified atom stereocenters. The van der Waals surface area contributed by atoms with E-state index in [4.69, 9.17) is 0 Å². The molecule has 7 heteroatoms. The lowest BCUT2D eigenvalue weighted by Crippen LogP contribution is -2.58. The summed E-state index contributed by atoms with van der Waals surface area (Å²) in [5.74, 6) is 0.749. The van der Waals surface area contributed by atoms with Gasteiger partial charge in [-0.15, -0.1) is 5.10 Å². The Morgan fingerprint density at radius 2 is 2.08 bits per heavy atom. The average molecular weight is 352 g/mol. The predicted molar refractivity (Wildman–Crippen MR) is 96.7 cm³/mol. The number of aromatic nitrogens is 4. The average Bonchev–Trinajstić information content (AvgIpc) is 3.18. The van der Waals surface area contributed by atoms with E-state index in [0.29, 0.717) is 6.04 Å². The van der Waals surface area contributed by atoms with E-state index in [2.05, 4.69) is 38.1 Å². The Morgan fingerprint density at radius 1 is 1.19 bits per heavy atom. The lowest BCUT2D eigenvalue weighted by atomic mass is 10.1. The molecule has 1 aliphatic heterocycles. The van der Waals surface area contributed by atoms with Crippen LogP contribution in [0.4, 0.5) is 10.2 Å². The van der Waals surface area contributed by atoms with Crippen molar-refractivity contribution in [3.63, 3.8) is 0 Å². The molecule has 2 aliphatic rings. The van der Waals surface area contributed by atoms with Crippen LogP contribution in [0.25, 0.3) is 5.65 Å².